The second-order valence-corrected chi connectivity index (χ2v) is 7.53. The molecule has 3 nitrogen and oxygen atoms in total. The van der Waals surface area contributed by atoms with Gasteiger partial charge in [0.15, 0.2) is 0 Å². The summed E-state index contributed by atoms with van der Waals surface area (Å²) >= 11 is 1.69. The summed E-state index contributed by atoms with van der Waals surface area (Å²) in [4.78, 5) is 16.9. The van der Waals surface area contributed by atoms with Gasteiger partial charge in [0.25, 0.3) is 0 Å². The van der Waals surface area contributed by atoms with E-state index in [2.05, 4.69) is 40.7 Å². The Morgan fingerprint density at radius 3 is 2.71 bits per heavy atom. The third kappa shape index (κ3) is 3.70. The molecule has 0 saturated carbocycles. The molecule has 1 aliphatic heterocycles. The van der Waals surface area contributed by atoms with Crippen LogP contribution in [-0.4, -0.2) is 30.4 Å². The van der Waals surface area contributed by atoms with E-state index in [0.29, 0.717) is 6.54 Å². The van der Waals surface area contributed by atoms with Crippen LogP contribution < -0.4 is 5.32 Å². The number of nitrogens with zero attached hydrogens (tertiary/aromatic N) is 1. The minimum absolute atomic E-state index is 0.181. The molecule has 128 valence electrons. The topological polar surface area (TPSA) is 32.3 Å². The van der Waals surface area contributed by atoms with Gasteiger partial charge in [-0.25, -0.2) is 0 Å². The molecule has 24 heavy (non-hydrogen) atoms. The highest BCUT2D eigenvalue weighted by Crippen LogP contribution is 2.36. The van der Waals surface area contributed by atoms with Crippen LogP contribution in [0, 0.1) is 0 Å². The molecule has 1 N–H and O–H groups in total. The normalized spacial score (nSPS) is 22.0. The van der Waals surface area contributed by atoms with Gasteiger partial charge in [-0.3, -0.25) is 4.79 Å². The van der Waals surface area contributed by atoms with Crippen LogP contribution in [0.1, 0.15) is 36.6 Å². The van der Waals surface area contributed by atoms with E-state index in [1.807, 2.05) is 24.3 Å². The average molecular weight is 343 g/mol. The van der Waals surface area contributed by atoms with Gasteiger partial charge in [0.05, 0.1) is 12.0 Å². The number of hydrogen-bond acceptors (Lipinski definition) is 3. The van der Waals surface area contributed by atoms with E-state index in [1.165, 1.54) is 4.88 Å². The molecule has 1 aromatic heterocycles. The SMILES string of the molecule is CCN1CCC[C@](C(=O)NCc2cccs2)(c2ccccc2)CC1. The lowest BCUT2D eigenvalue weighted by Crippen LogP contribution is -2.45. The first-order chi connectivity index (χ1) is 11.7. The van der Waals surface area contributed by atoms with E-state index >= 15 is 0 Å². The maximum absolute atomic E-state index is 13.2. The van der Waals surface area contributed by atoms with Crippen molar-refractivity contribution in [1.82, 2.24) is 10.2 Å². The lowest BCUT2D eigenvalue weighted by Gasteiger charge is -2.32. The zero-order chi connectivity index (χ0) is 16.8. The minimum Gasteiger partial charge on any atom is -0.350 e. The van der Waals surface area contributed by atoms with Gasteiger partial charge in [0.2, 0.25) is 5.91 Å². The van der Waals surface area contributed by atoms with Crippen molar-refractivity contribution in [2.24, 2.45) is 0 Å². The molecule has 0 aliphatic carbocycles. The zero-order valence-corrected chi connectivity index (χ0v) is 15.1. The Kier molecular flexibility index (Phi) is 5.69. The van der Waals surface area contributed by atoms with E-state index in [1.54, 1.807) is 11.3 Å². The molecule has 1 saturated heterocycles. The van der Waals surface area contributed by atoms with Crippen molar-refractivity contribution in [1.29, 1.82) is 0 Å². The molecule has 1 amide bonds. The van der Waals surface area contributed by atoms with Gasteiger partial charge in [-0.2, -0.15) is 0 Å². The number of thiophene rings is 1. The first kappa shape index (κ1) is 17.2. The first-order valence-corrected chi connectivity index (χ1v) is 9.71. The summed E-state index contributed by atoms with van der Waals surface area (Å²) in [5, 5.41) is 5.26. The van der Waals surface area contributed by atoms with E-state index in [4.69, 9.17) is 0 Å². The molecule has 2 heterocycles. The number of amides is 1. The summed E-state index contributed by atoms with van der Waals surface area (Å²) in [6.45, 7) is 5.96. The second kappa shape index (κ2) is 7.95. The van der Waals surface area contributed by atoms with E-state index in [0.717, 1.165) is 44.5 Å². The van der Waals surface area contributed by atoms with Crippen LogP contribution in [0.5, 0.6) is 0 Å². The van der Waals surface area contributed by atoms with Crippen molar-refractivity contribution < 1.29 is 4.79 Å². The van der Waals surface area contributed by atoms with E-state index in [-0.39, 0.29) is 5.91 Å². The van der Waals surface area contributed by atoms with Gasteiger partial charge in [0, 0.05) is 4.88 Å². The molecular weight excluding hydrogens is 316 g/mol. The zero-order valence-electron chi connectivity index (χ0n) is 14.3. The molecule has 0 spiro atoms. The van der Waals surface area contributed by atoms with Crippen molar-refractivity contribution in [3.8, 4) is 0 Å². The number of hydrogen-bond donors (Lipinski definition) is 1. The van der Waals surface area contributed by atoms with Gasteiger partial charge < -0.3 is 10.2 Å². The molecule has 2 aromatic rings. The number of benzene rings is 1. The largest absolute Gasteiger partial charge is 0.350 e. The quantitative estimate of drug-likeness (QED) is 0.896. The fourth-order valence-electron chi connectivity index (χ4n) is 3.66. The Hall–Kier alpha value is -1.65. The monoisotopic (exact) mass is 342 g/mol. The van der Waals surface area contributed by atoms with Gasteiger partial charge in [-0.05, 0) is 55.9 Å². The van der Waals surface area contributed by atoms with Crippen molar-refractivity contribution >= 4 is 17.2 Å². The third-order valence-corrected chi connectivity index (χ3v) is 6.02. The highest BCUT2D eigenvalue weighted by Gasteiger charge is 2.40. The molecule has 0 unspecified atom stereocenters. The summed E-state index contributed by atoms with van der Waals surface area (Å²) in [5.41, 5.74) is 0.759. The van der Waals surface area contributed by atoms with Crippen molar-refractivity contribution in [3.63, 3.8) is 0 Å². The van der Waals surface area contributed by atoms with Crippen molar-refractivity contribution in [2.45, 2.75) is 38.1 Å². The van der Waals surface area contributed by atoms with E-state index in [9.17, 15) is 4.79 Å². The van der Waals surface area contributed by atoms with Crippen LogP contribution in [0.15, 0.2) is 47.8 Å². The Morgan fingerprint density at radius 1 is 1.17 bits per heavy atom. The van der Waals surface area contributed by atoms with Gasteiger partial charge >= 0.3 is 0 Å². The smallest absolute Gasteiger partial charge is 0.230 e. The van der Waals surface area contributed by atoms with Gasteiger partial charge in [-0.15, -0.1) is 11.3 Å². The van der Waals surface area contributed by atoms with Crippen LogP contribution in [0.2, 0.25) is 0 Å². The lowest BCUT2D eigenvalue weighted by molar-refractivity contribution is -0.127. The second-order valence-electron chi connectivity index (χ2n) is 6.50. The first-order valence-electron chi connectivity index (χ1n) is 8.83. The maximum Gasteiger partial charge on any atom is 0.230 e. The molecule has 3 rings (SSSR count). The molecule has 0 radical (unpaired) electrons. The molecule has 1 fully saturated rings. The number of nitrogens with one attached hydrogen (secondary N) is 1. The number of carbonyl (C=O) groups is 1. The molecule has 1 aromatic carbocycles. The fraction of sp³-hybridized carbons (Fsp3) is 0.450. The summed E-state index contributed by atoms with van der Waals surface area (Å²) in [7, 11) is 0. The predicted octanol–water partition coefficient (Wildman–Crippen LogP) is 3.81. The Labute approximate surface area is 148 Å². The Bertz CT molecular complexity index is 641. The molecule has 4 heteroatoms. The molecular formula is C20H26N2OS. The average Bonchev–Trinajstić information content (AvgIpc) is 3.05. The summed E-state index contributed by atoms with van der Waals surface area (Å²) in [6.07, 6.45) is 2.88. The van der Waals surface area contributed by atoms with Gasteiger partial charge in [-0.1, -0.05) is 43.3 Å². The fourth-order valence-corrected chi connectivity index (χ4v) is 4.30. The van der Waals surface area contributed by atoms with Crippen LogP contribution in [0.25, 0.3) is 0 Å². The van der Waals surface area contributed by atoms with Crippen LogP contribution >= 0.6 is 11.3 Å². The lowest BCUT2D eigenvalue weighted by atomic mass is 9.73. The number of carbonyl (C=O) groups excluding carboxylic acids is 1. The Balaban J connectivity index is 1.83. The summed E-state index contributed by atoms with van der Waals surface area (Å²) in [5.74, 6) is 0.181. The predicted molar refractivity (Wildman–Crippen MR) is 100 cm³/mol. The highest BCUT2D eigenvalue weighted by atomic mass is 32.1. The summed E-state index contributed by atoms with van der Waals surface area (Å²) in [6, 6.07) is 14.5. The molecule has 1 aliphatic rings. The van der Waals surface area contributed by atoms with Crippen molar-refractivity contribution in [3.05, 3.63) is 58.3 Å². The third-order valence-electron chi connectivity index (χ3n) is 5.14. The van der Waals surface area contributed by atoms with Gasteiger partial charge in [0.1, 0.15) is 0 Å². The van der Waals surface area contributed by atoms with Crippen LogP contribution in [0.3, 0.4) is 0 Å². The number of likely N-dealkylation sites (tertiary alicyclic amines) is 1. The molecule has 0 bridgehead atoms. The van der Waals surface area contributed by atoms with Crippen LogP contribution in [0.4, 0.5) is 0 Å². The number of rotatable bonds is 5. The summed E-state index contributed by atoms with van der Waals surface area (Å²) < 4.78 is 0. The van der Waals surface area contributed by atoms with E-state index < -0.39 is 5.41 Å². The standard InChI is InChI=1S/C20H26N2OS/c1-2-22-13-7-11-20(12-14-22,17-8-4-3-5-9-17)19(23)21-16-18-10-6-15-24-18/h3-6,8-10,15H,2,7,11-14,16H2,1H3,(H,21,23)/t20-/m1/s1. The minimum atomic E-state index is -0.400. The molecule has 1 atom stereocenters. The van der Waals surface area contributed by atoms with Crippen LogP contribution in [-0.2, 0) is 16.8 Å². The van der Waals surface area contributed by atoms with Crippen molar-refractivity contribution in [2.75, 3.05) is 19.6 Å². The Morgan fingerprint density at radius 2 is 2.00 bits per heavy atom. The maximum atomic E-state index is 13.2. The highest BCUT2D eigenvalue weighted by molar-refractivity contribution is 7.09.